The van der Waals surface area contributed by atoms with Crippen molar-refractivity contribution in [2.24, 2.45) is 0 Å². The number of likely N-dealkylation sites (tertiary alicyclic amines) is 1. The average Bonchev–Trinajstić information content (AvgIpc) is 2.70. The number of nitrogens with zero attached hydrogens (tertiary/aromatic N) is 3. The molecule has 30 heavy (non-hydrogen) atoms. The molecule has 1 aliphatic rings. The second kappa shape index (κ2) is 9.10. The molecule has 0 radical (unpaired) electrons. The van der Waals surface area contributed by atoms with E-state index in [-0.39, 0.29) is 5.78 Å². The number of halogens is 1. The third-order valence-corrected chi connectivity index (χ3v) is 5.81. The van der Waals surface area contributed by atoms with Gasteiger partial charge in [0.1, 0.15) is 0 Å². The van der Waals surface area contributed by atoms with Gasteiger partial charge in [0.2, 0.25) is 0 Å². The Labute approximate surface area is 185 Å². The number of carbonyl (C=O) groups is 1. The maximum absolute atomic E-state index is 13.2. The lowest BCUT2D eigenvalue weighted by atomic mass is 9.95. The summed E-state index contributed by atoms with van der Waals surface area (Å²) >= 11 is 3.57. The number of aryl methyl sites for hydroxylation is 3. The van der Waals surface area contributed by atoms with Crippen LogP contribution in [-0.4, -0.2) is 55.0 Å². The minimum Gasteiger partial charge on any atom is -0.493 e. The molecule has 2 heterocycles. The van der Waals surface area contributed by atoms with E-state index in [1.807, 2.05) is 52.1 Å². The summed E-state index contributed by atoms with van der Waals surface area (Å²) in [6, 6.07) is 3.70. The highest BCUT2D eigenvalue weighted by Crippen LogP contribution is 2.35. The summed E-state index contributed by atoms with van der Waals surface area (Å²) in [5.74, 6) is 1.26. The third-order valence-electron chi connectivity index (χ3n) is 5.13. The fraction of sp³-hybridized carbons (Fsp3) is 0.348. The van der Waals surface area contributed by atoms with Crippen molar-refractivity contribution in [3.63, 3.8) is 0 Å². The number of piperidine rings is 1. The van der Waals surface area contributed by atoms with Gasteiger partial charge in [-0.05, 0) is 57.7 Å². The van der Waals surface area contributed by atoms with Crippen LogP contribution in [0.3, 0.4) is 0 Å². The zero-order valence-electron chi connectivity index (χ0n) is 18.2. The molecule has 0 spiro atoms. The number of rotatable bonds is 4. The normalized spacial score (nSPS) is 17.6. The second-order valence-electron chi connectivity index (χ2n) is 7.43. The van der Waals surface area contributed by atoms with E-state index < -0.39 is 0 Å². The van der Waals surface area contributed by atoms with Gasteiger partial charge in [0, 0.05) is 28.7 Å². The zero-order chi connectivity index (χ0) is 22.0. The van der Waals surface area contributed by atoms with Gasteiger partial charge in [-0.2, -0.15) is 0 Å². The van der Waals surface area contributed by atoms with Crippen LogP contribution in [0.15, 0.2) is 27.8 Å². The minimum absolute atomic E-state index is 0.0224. The van der Waals surface area contributed by atoms with Crippen LogP contribution in [0, 0.1) is 20.8 Å². The Balaban J connectivity index is 2.02. The third kappa shape index (κ3) is 4.63. The van der Waals surface area contributed by atoms with Crippen LogP contribution < -0.4 is 9.47 Å². The van der Waals surface area contributed by atoms with Crippen molar-refractivity contribution in [1.82, 2.24) is 14.9 Å². The summed E-state index contributed by atoms with van der Waals surface area (Å²) in [5, 5.41) is 0. The molecule has 0 saturated carbocycles. The fourth-order valence-corrected chi connectivity index (χ4v) is 3.85. The van der Waals surface area contributed by atoms with Crippen LogP contribution in [0.4, 0.5) is 0 Å². The molecule has 0 aliphatic carbocycles. The van der Waals surface area contributed by atoms with E-state index in [0.717, 1.165) is 32.8 Å². The summed E-state index contributed by atoms with van der Waals surface area (Å²) in [5.41, 5.74) is 5.59. The quantitative estimate of drug-likeness (QED) is 0.623. The van der Waals surface area contributed by atoms with E-state index in [1.54, 1.807) is 14.2 Å². The van der Waals surface area contributed by atoms with E-state index in [1.165, 1.54) is 0 Å². The van der Waals surface area contributed by atoms with Gasteiger partial charge in [-0.15, -0.1) is 0 Å². The average molecular weight is 472 g/mol. The predicted molar refractivity (Wildman–Crippen MR) is 122 cm³/mol. The second-order valence-corrected chi connectivity index (χ2v) is 8.29. The number of ether oxygens (including phenoxy) is 2. The number of carbonyl (C=O) groups excluding carboxylic acids is 1. The van der Waals surface area contributed by atoms with Crippen LogP contribution in [-0.2, 0) is 4.79 Å². The Morgan fingerprint density at radius 3 is 2.13 bits per heavy atom. The van der Waals surface area contributed by atoms with Crippen LogP contribution in [0.5, 0.6) is 11.5 Å². The molecular weight excluding hydrogens is 446 g/mol. The molecule has 1 fully saturated rings. The summed E-state index contributed by atoms with van der Waals surface area (Å²) in [6.45, 7) is 6.92. The van der Waals surface area contributed by atoms with Crippen molar-refractivity contribution in [1.29, 1.82) is 0 Å². The molecular formula is C23H26BrN3O3. The van der Waals surface area contributed by atoms with Crippen molar-refractivity contribution in [2.45, 2.75) is 20.8 Å². The van der Waals surface area contributed by atoms with Gasteiger partial charge in [-0.1, -0.05) is 15.9 Å². The predicted octanol–water partition coefficient (Wildman–Crippen LogP) is 4.16. The van der Waals surface area contributed by atoms with Gasteiger partial charge >= 0.3 is 0 Å². The molecule has 158 valence electrons. The van der Waals surface area contributed by atoms with E-state index in [4.69, 9.17) is 9.47 Å². The number of hydrogen-bond donors (Lipinski definition) is 0. The minimum atomic E-state index is 0.0224. The van der Waals surface area contributed by atoms with Crippen LogP contribution in [0.1, 0.15) is 28.3 Å². The number of hydrogen-bond acceptors (Lipinski definition) is 6. The Morgan fingerprint density at radius 1 is 0.933 bits per heavy atom. The first-order valence-corrected chi connectivity index (χ1v) is 10.4. The molecule has 2 aromatic rings. The van der Waals surface area contributed by atoms with Gasteiger partial charge < -0.3 is 9.47 Å². The van der Waals surface area contributed by atoms with E-state index in [0.29, 0.717) is 35.7 Å². The number of ketones is 1. The molecule has 1 saturated heterocycles. The van der Waals surface area contributed by atoms with Gasteiger partial charge in [0.05, 0.1) is 37.0 Å². The Bertz CT molecular complexity index is 1060. The molecule has 1 aromatic carbocycles. The fourth-order valence-electron chi connectivity index (χ4n) is 3.41. The van der Waals surface area contributed by atoms with E-state index in [9.17, 15) is 4.79 Å². The number of aromatic nitrogens is 2. The molecule has 0 N–H and O–H groups in total. The SMILES string of the molecule is COc1cc(Br)c(/C=C2\CN(C)C/C(=C\c3nc(C)c(C)nc3C)C2=O)cc1OC. The number of benzene rings is 1. The highest BCUT2D eigenvalue weighted by molar-refractivity contribution is 9.10. The first kappa shape index (κ1) is 22.2. The van der Waals surface area contributed by atoms with Crippen LogP contribution in [0.25, 0.3) is 12.2 Å². The van der Waals surface area contributed by atoms with Gasteiger partial charge in [-0.3, -0.25) is 14.7 Å². The van der Waals surface area contributed by atoms with Crippen molar-refractivity contribution in [3.05, 3.63) is 56.1 Å². The van der Waals surface area contributed by atoms with Crippen molar-refractivity contribution < 1.29 is 14.3 Å². The van der Waals surface area contributed by atoms with Crippen LogP contribution in [0.2, 0.25) is 0 Å². The van der Waals surface area contributed by atoms with Gasteiger partial charge in [0.15, 0.2) is 17.3 Å². The summed E-state index contributed by atoms with van der Waals surface area (Å²) < 4.78 is 11.6. The summed E-state index contributed by atoms with van der Waals surface area (Å²) in [4.78, 5) is 24.5. The molecule has 6 nitrogen and oxygen atoms in total. The molecule has 3 rings (SSSR count). The van der Waals surface area contributed by atoms with Crippen molar-refractivity contribution in [3.8, 4) is 11.5 Å². The highest BCUT2D eigenvalue weighted by Gasteiger charge is 2.25. The largest absolute Gasteiger partial charge is 0.493 e. The summed E-state index contributed by atoms with van der Waals surface area (Å²) in [6.07, 6.45) is 3.76. The monoisotopic (exact) mass is 471 g/mol. The molecule has 0 amide bonds. The van der Waals surface area contributed by atoms with E-state index >= 15 is 0 Å². The van der Waals surface area contributed by atoms with E-state index in [2.05, 4.69) is 30.8 Å². The first-order chi connectivity index (χ1) is 14.2. The molecule has 1 aliphatic heterocycles. The van der Waals surface area contributed by atoms with Crippen molar-refractivity contribution >= 4 is 33.9 Å². The highest BCUT2D eigenvalue weighted by atomic mass is 79.9. The van der Waals surface area contributed by atoms with Gasteiger partial charge in [0.25, 0.3) is 0 Å². The maximum atomic E-state index is 13.2. The standard InChI is InChI=1S/C23H26BrN3O3/c1-13-14(2)26-20(15(3)25-13)8-18-12-27(4)11-17(23(18)28)7-16-9-21(29-5)22(30-6)10-19(16)24/h7-10H,11-12H2,1-6H3/b17-7+,18-8+. The summed E-state index contributed by atoms with van der Waals surface area (Å²) in [7, 11) is 5.18. The number of Topliss-reactive ketones (excluding diaryl/α,β-unsaturated/α-hetero) is 1. The lowest BCUT2D eigenvalue weighted by molar-refractivity contribution is -0.113. The Hall–Kier alpha value is -2.51. The number of methoxy groups -OCH3 is 2. The first-order valence-electron chi connectivity index (χ1n) is 9.61. The molecule has 7 heteroatoms. The van der Waals surface area contributed by atoms with Crippen LogP contribution >= 0.6 is 15.9 Å². The molecule has 1 aromatic heterocycles. The van der Waals surface area contributed by atoms with Crippen molar-refractivity contribution in [2.75, 3.05) is 34.4 Å². The Morgan fingerprint density at radius 2 is 1.50 bits per heavy atom. The smallest absolute Gasteiger partial charge is 0.187 e. The van der Waals surface area contributed by atoms with Gasteiger partial charge in [-0.25, -0.2) is 4.98 Å². The lowest BCUT2D eigenvalue weighted by Crippen LogP contribution is -2.34. The lowest BCUT2D eigenvalue weighted by Gasteiger charge is -2.26. The zero-order valence-corrected chi connectivity index (χ0v) is 19.8. The molecule has 0 atom stereocenters. The Kier molecular flexibility index (Phi) is 6.73. The maximum Gasteiger partial charge on any atom is 0.187 e. The topological polar surface area (TPSA) is 64.5 Å². The molecule has 0 bridgehead atoms. The molecule has 0 unspecified atom stereocenters. The number of likely N-dealkylation sites (N-methyl/N-ethyl adjacent to an activating group) is 1.